The molecule has 6 nitrogen and oxygen atoms in total. The van der Waals surface area contributed by atoms with Gasteiger partial charge in [-0.25, -0.2) is 4.79 Å². The van der Waals surface area contributed by atoms with Gasteiger partial charge in [0.25, 0.3) is 0 Å². The highest BCUT2D eigenvalue weighted by Crippen LogP contribution is 2.30. The van der Waals surface area contributed by atoms with Gasteiger partial charge in [-0.3, -0.25) is 4.79 Å². The summed E-state index contributed by atoms with van der Waals surface area (Å²) in [6.07, 6.45) is -4.44. The molecule has 29 heavy (non-hydrogen) atoms. The Kier molecular flexibility index (Phi) is 7.60. The molecule has 156 valence electrons. The summed E-state index contributed by atoms with van der Waals surface area (Å²) in [5, 5.41) is 7.90. The molecule has 3 N–H and O–H groups in total. The normalized spacial score (nSPS) is 12.2. The van der Waals surface area contributed by atoms with Gasteiger partial charge in [0.1, 0.15) is 6.61 Å². The van der Waals surface area contributed by atoms with Gasteiger partial charge in [0.15, 0.2) is 0 Å². The third-order valence-corrected chi connectivity index (χ3v) is 4.00. The summed E-state index contributed by atoms with van der Waals surface area (Å²) in [5.41, 5.74) is 0.875. The Morgan fingerprint density at radius 2 is 1.83 bits per heavy atom. The maximum atomic E-state index is 12.8. The van der Waals surface area contributed by atoms with Gasteiger partial charge in [0, 0.05) is 19.3 Å². The van der Waals surface area contributed by atoms with E-state index in [1.54, 1.807) is 31.2 Å². The minimum atomic E-state index is -4.44. The number of rotatable bonds is 7. The van der Waals surface area contributed by atoms with Crippen LogP contribution in [0.3, 0.4) is 0 Å². The zero-order valence-corrected chi connectivity index (χ0v) is 16.0. The van der Waals surface area contributed by atoms with Crippen LogP contribution in [0.25, 0.3) is 0 Å². The standard InChI is InChI=1S/C20H22F3N3O3/c1-13(15-6-4-7-16(10-15)20(21,22)23)25-19(28)24-11-14-5-3-8-17(9-14)26-18(27)12-29-2/h3-10,13H,11-12H2,1-2H3,(H,26,27)(H2,24,25,28). The first kappa shape index (κ1) is 22.2. The van der Waals surface area contributed by atoms with E-state index in [-0.39, 0.29) is 19.1 Å². The molecule has 2 aromatic carbocycles. The number of nitrogens with one attached hydrogen (secondary N) is 3. The number of methoxy groups -OCH3 is 1. The van der Waals surface area contributed by atoms with Crippen LogP contribution in [0.5, 0.6) is 0 Å². The average molecular weight is 409 g/mol. The summed E-state index contributed by atoms with van der Waals surface area (Å²) in [6.45, 7) is 1.70. The van der Waals surface area contributed by atoms with Crippen molar-refractivity contribution in [3.8, 4) is 0 Å². The summed E-state index contributed by atoms with van der Waals surface area (Å²) in [6, 6.07) is 10.6. The van der Waals surface area contributed by atoms with Gasteiger partial charge in [-0.05, 0) is 42.3 Å². The number of ether oxygens (including phenoxy) is 1. The van der Waals surface area contributed by atoms with Crippen LogP contribution >= 0.6 is 0 Å². The van der Waals surface area contributed by atoms with Crippen LogP contribution in [-0.4, -0.2) is 25.7 Å². The van der Waals surface area contributed by atoms with Gasteiger partial charge in [0.05, 0.1) is 11.6 Å². The fourth-order valence-corrected chi connectivity index (χ4v) is 2.58. The first-order valence-electron chi connectivity index (χ1n) is 8.78. The summed E-state index contributed by atoms with van der Waals surface area (Å²) in [7, 11) is 1.42. The SMILES string of the molecule is COCC(=O)Nc1cccc(CNC(=O)NC(C)c2cccc(C(F)(F)F)c2)c1. The van der Waals surface area contributed by atoms with Gasteiger partial charge in [0.2, 0.25) is 5.91 Å². The molecule has 0 aliphatic heterocycles. The lowest BCUT2D eigenvalue weighted by atomic mass is 10.1. The zero-order chi connectivity index (χ0) is 21.4. The van der Waals surface area contributed by atoms with E-state index in [4.69, 9.17) is 4.74 Å². The minimum Gasteiger partial charge on any atom is -0.375 e. The Labute approximate surface area is 166 Å². The van der Waals surface area contributed by atoms with E-state index in [2.05, 4.69) is 16.0 Å². The summed E-state index contributed by atoms with van der Waals surface area (Å²) < 4.78 is 43.2. The molecule has 0 aliphatic rings. The first-order chi connectivity index (χ1) is 13.7. The third-order valence-electron chi connectivity index (χ3n) is 4.00. The molecule has 1 atom stereocenters. The number of amides is 3. The number of hydrogen-bond donors (Lipinski definition) is 3. The molecule has 9 heteroatoms. The van der Waals surface area contributed by atoms with Crippen molar-refractivity contribution in [1.82, 2.24) is 10.6 Å². The van der Waals surface area contributed by atoms with E-state index in [1.165, 1.54) is 19.2 Å². The van der Waals surface area contributed by atoms with Crippen LogP contribution < -0.4 is 16.0 Å². The highest BCUT2D eigenvalue weighted by molar-refractivity contribution is 5.91. The quantitative estimate of drug-likeness (QED) is 0.650. The maximum Gasteiger partial charge on any atom is 0.416 e. The number of halogens is 3. The molecule has 0 saturated heterocycles. The van der Waals surface area contributed by atoms with Crippen LogP contribution in [0.4, 0.5) is 23.7 Å². The molecule has 0 saturated carbocycles. The lowest BCUT2D eigenvalue weighted by Crippen LogP contribution is -2.36. The second kappa shape index (κ2) is 9.92. The van der Waals surface area contributed by atoms with Crippen LogP contribution in [0.2, 0.25) is 0 Å². The van der Waals surface area contributed by atoms with Gasteiger partial charge in [-0.15, -0.1) is 0 Å². The number of carbonyl (C=O) groups is 2. The topological polar surface area (TPSA) is 79.5 Å². The Hall–Kier alpha value is -3.07. The van der Waals surface area contributed by atoms with Crippen molar-refractivity contribution in [2.75, 3.05) is 19.0 Å². The van der Waals surface area contributed by atoms with E-state index >= 15 is 0 Å². The number of hydrogen-bond acceptors (Lipinski definition) is 3. The Morgan fingerprint density at radius 1 is 1.10 bits per heavy atom. The van der Waals surface area contributed by atoms with Crippen molar-refractivity contribution in [3.63, 3.8) is 0 Å². The molecular formula is C20H22F3N3O3. The summed E-state index contributed by atoms with van der Waals surface area (Å²) in [4.78, 5) is 23.6. The van der Waals surface area contributed by atoms with Crippen molar-refractivity contribution < 1.29 is 27.5 Å². The number of benzene rings is 2. The molecule has 2 rings (SSSR count). The van der Waals surface area contributed by atoms with E-state index in [1.807, 2.05) is 0 Å². The molecule has 0 radical (unpaired) electrons. The molecule has 0 heterocycles. The van der Waals surface area contributed by atoms with Crippen LogP contribution in [-0.2, 0) is 22.3 Å². The summed E-state index contributed by atoms with van der Waals surface area (Å²) >= 11 is 0. The van der Waals surface area contributed by atoms with Crippen molar-refractivity contribution in [3.05, 3.63) is 65.2 Å². The van der Waals surface area contributed by atoms with Crippen molar-refractivity contribution in [2.24, 2.45) is 0 Å². The van der Waals surface area contributed by atoms with Crippen molar-refractivity contribution in [2.45, 2.75) is 25.7 Å². The second-order valence-corrected chi connectivity index (χ2v) is 6.35. The van der Waals surface area contributed by atoms with Crippen molar-refractivity contribution in [1.29, 1.82) is 0 Å². The zero-order valence-electron chi connectivity index (χ0n) is 16.0. The molecular weight excluding hydrogens is 387 g/mol. The smallest absolute Gasteiger partial charge is 0.375 e. The van der Waals surface area contributed by atoms with Crippen molar-refractivity contribution >= 4 is 17.6 Å². The number of carbonyl (C=O) groups excluding carboxylic acids is 2. The van der Waals surface area contributed by atoms with E-state index in [9.17, 15) is 22.8 Å². The Bertz CT molecular complexity index is 856. The molecule has 1 unspecified atom stereocenters. The second-order valence-electron chi connectivity index (χ2n) is 6.35. The fourth-order valence-electron chi connectivity index (χ4n) is 2.58. The summed E-state index contributed by atoms with van der Waals surface area (Å²) in [5.74, 6) is -0.301. The minimum absolute atomic E-state index is 0.0711. The molecule has 0 fully saturated rings. The van der Waals surface area contributed by atoms with E-state index in [0.29, 0.717) is 11.3 Å². The third kappa shape index (κ3) is 7.11. The van der Waals surface area contributed by atoms with Gasteiger partial charge < -0.3 is 20.7 Å². The van der Waals surface area contributed by atoms with Crippen LogP contribution in [0.15, 0.2) is 48.5 Å². The number of urea groups is 1. The van der Waals surface area contributed by atoms with Gasteiger partial charge in [-0.1, -0.05) is 24.3 Å². The van der Waals surface area contributed by atoms with E-state index in [0.717, 1.165) is 17.7 Å². The van der Waals surface area contributed by atoms with E-state index < -0.39 is 23.8 Å². The van der Waals surface area contributed by atoms with Gasteiger partial charge in [-0.2, -0.15) is 13.2 Å². The number of alkyl halides is 3. The largest absolute Gasteiger partial charge is 0.416 e. The predicted molar refractivity (Wildman–Crippen MR) is 102 cm³/mol. The molecule has 0 aliphatic carbocycles. The Morgan fingerprint density at radius 3 is 2.52 bits per heavy atom. The first-order valence-corrected chi connectivity index (χ1v) is 8.78. The van der Waals surface area contributed by atoms with Crippen LogP contribution in [0.1, 0.15) is 29.7 Å². The molecule has 0 aromatic heterocycles. The molecule has 2 aromatic rings. The lowest BCUT2D eigenvalue weighted by molar-refractivity contribution is -0.137. The average Bonchev–Trinajstić information content (AvgIpc) is 2.66. The number of anilines is 1. The fraction of sp³-hybridized carbons (Fsp3) is 0.300. The molecule has 0 bridgehead atoms. The van der Waals surface area contributed by atoms with Crippen LogP contribution in [0, 0.1) is 0 Å². The highest BCUT2D eigenvalue weighted by Gasteiger charge is 2.30. The lowest BCUT2D eigenvalue weighted by Gasteiger charge is -2.17. The molecule has 0 spiro atoms. The molecule has 3 amide bonds. The Balaban J connectivity index is 1.91. The highest BCUT2D eigenvalue weighted by atomic mass is 19.4. The predicted octanol–water partition coefficient (Wildman–Crippen LogP) is 3.85. The maximum absolute atomic E-state index is 12.8. The van der Waals surface area contributed by atoms with Gasteiger partial charge >= 0.3 is 12.2 Å². The monoisotopic (exact) mass is 409 g/mol.